The Morgan fingerprint density at radius 2 is 2.07 bits per heavy atom. The third-order valence-electron chi connectivity index (χ3n) is 4.26. The molecule has 0 spiro atoms. The molecule has 0 aliphatic carbocycles. The van der Waals surface area contributed by atoms with E-state index in [1.54, 1.807) is 11.3 Å². The van der Waals surface area contributed by atoms with Crippen molar-refractivity contribution in [3.63, 3.8) is 0 Å². The molecule has 2 aromatic heterocycles. The van der Waals surface area contributed by atoms with Gasteiger partial charge in [0.15, 0.2) is 5.13 Å². The molecule has 3 rings (SSSR count). The maximum Gasteiger partial charge on any atom is 0.324 e. The summed E-state index contributed by atoms with van der Waals surface area (Å²) in [6.07, 6.45) is -0.605. The first-order chi connectivity index (χ1) is 12.6. The molecule has 0 radical (unpaired) electrons. The van der Waals surface area contributed by atoms with Crippen LogP contribution in [0.2, 0.25) is 0 Å². The summed E-state index contributed by atoms with van der Waals surface area (Å²) in [6, 6.07) is -1.31. The number of thiazole rings is 2. The number of hydrogen-bond acceptors (Lipinski definition) is 7. The predicted molar refractivity (Wildman–Crippen MR) is 106 cm³/mol. The molecule has 10 heteroatoms. The Kier molecular flexibility index (Phi) is 5.24. The van der Waals surface area contributed by atoms with Gasteiger partial charge >= 0.3 is 6.03 Å². The quantitative estimate of drug-likeness (QED) is 0.718. The van der Waals surface area contributed by atoms with Crippen LogP contribution in [0, 0.1) is 6.92 Å². The molecule has 0 bridgehead atoms. The van der Waals surface area contributed by atoms with Crippen molar-refractivity contribution in [3.8, 4) is 10.6 Å². The van der Waals surface area contributed by atoms with Crippen molar-refractivity contribution >= 4 is 39.7 Å². The molecule has 1 saturated heterocycles. The number of urea groups is 1. The average Bonchev–Trinajstić information content (AvgIpc) is 3.24. The lowest BCUT2D eigenvalue weighted by Crippen LogP contribution is -2.45. The lowest BCUT2D eigenvalue weighted by molar-refractivity contribution is -0.121. The number of hydrogen-bond donors (Lipinski definition) is 3. The van der Waals surface area contributed by atoms with Crippen LogP contribution in [0.3, 0.4) is 0 Å². The summed E-state index contributed by atoms with van der Waals surface area (Å²) in [5.74, 6) is -0.630. The van der Waals surface area contributed by atoms with Crippen molar-refractivity contribution in [2.75, 3.05) is 11.9 Å². The third kappa shape index (κ3) is 4.12. The van der Waals surface area contributed by atoms with Crippen molar-refractivity contribution in [1.82, 2.24) is 14.9 Å². The second kappa shape index (κ2) is 7.17. The lowest BCUT2D eigenvalue weighted by atomic mass is 9.98. The number of primary amides is 1. The predicted octanol–water partition coefficient (Wildman–Crippen LogP) is 2.32. The number of nitrogens with zero attached hydrogens (tertiary/aromatic N) is 3. The Morgan fingerprint density at radius 3 is 2.67 bits per heavy atom. The molecule has 0 saturated carbocycles. The fourth-order valence-corrected chi connectivity index (χ4v) is 4.77. The standard InChI is InChI=1S/C17H23N5O3S2/c1-8-12(10-7-26-14(20-10)17(2,3)4)27-15(19-8)21-16(25)22-6-9(23)5-11(22)13(18)24/h7,9,11,23H,5-6H2,1-4H3,(H2,18,24)(H,19,21,25)/t9-,11+/m1/s1. The van der Waals surface area contributed by atoms with Gasteiger partial charge in [0.05, 0.1) is 27.4 Å². The normalized spacial score (nSPS) is 20.1. The van der Waals surface area contributed by atoms with E-state index < -0.39 is 24.1 Å². The molecular weight excluding hydrogens is 386 g/mol. The van der Waals surface area contributed by atoms with E-state index in [0.717, 1.165) is 21.3 Å². The van der Waals surface area contributed by atoms with Gasteiger partial charge in [-0.05, 0) is 6.92 Å². The molecular formula is C17H23N5O3S2. The van der Waals surface area contributed by atoms with E-state index in [1.165, 1.54) is 16.2 Å². The van der Waals surface area contributed by atoms with Crippen LogP contribution in [0.4, 0.5) is 9.93 Å². The second-order valence-corrected chi connectivity index (χ2v) is 9.47. The fraction of sp³-hybridized carbons (Fsp3) is 0.529. The number of aliphatic hydroxyl groups excluding tert-OH is 1. The van der Waals surface area contributed by atoms with Crippen molar-refractivity contribution in [3.05, 3.63) is 16.1 Å². The van der Waals surface area contributed by atoms with Crippen LogP contribution in [0.1, 0.15) is 37.9 Å². The maximum atomic E-state index is 12.5. The highest BCUT2D eigenvalue weighted by Crippen LogP contribution is 2.36. The van der Waals surface area contributed by atoms with Crippen LogP contribution >= 0.6 is 22.7 Å². The van der Waals surface area contributed by atoms with Gasteiger partial charge in [-0.25, -0.2) is 14.8 Å². The third-order valence-corrected chi connectivity index (χ3v) is 6.62. The summed E-state index contributed by atoms with van der Waals surface area (Å²) in [7, 11) is 0. The number of aryl methyl sites for hydroxylation is 1. The number of aliphatic hydroxyl groups is 1. The molecule has 4 N–H and O–H groups in total. The van der Waals surface area contributed by atoms with Gasteiger partial charge < -0.3 is 15.7 Å². The van der Waals surface area contributed by atoms with E-state index in [1.807, 2.05) is 12.3 Å². The van der Waals surface area contributed by atoms with E-state index in [0.29, 0.717) is 5.13 Å². The summed E-state index contributed by atoms with van der Waals surface area (Å²) in [5.41, 5.74) is 6.91. The van der Waals surface area contributed by atoms with Gasteiger partial charge in [-0.15, -0.1) is 11.3 Å². The molecule has 2 atom stereocenters. The molecule has 1 aliphatic heterocycles. The Bertz CT molecular complexity index is 870. The zero-order chi connectivity index (χ0) is 19.9. The minimum atomic E-state index is -0.812. The second-order valence-electron chi connectivity index (χ2n) is 7.61. The van der Waals surface area contributed by atoms with Crippen molar-refractivity contribution in [1.29, 1.82) is 0 Å². The maximum absolute atomic E-state index is 12.5. The Labute approximate surface area is 165 Å². The molecule has 2 aromatic rings. The first-order valence-electron chi connectivity index (χ1n) is 8.55. The van der Waals surface area contributed by atoms with Crippen molar-refractivity contribution < 1.29 is 14.7 Å². The van der Waals surface area contributed by atoms with E-state index in [2.05, 4.69) is 31.1 Å². The number of β-amino-alcohol motifs (C(OH)–C–C–N with tert-alkyl or cyclic N) is 1. The van der Waals surface area contributed by atoms with Gasteiger partial charge in [-0.3, -0.25) is 10.1 Å². The molecule has 3 amide bonds. The Hall–Kier alpha value is -2.04. The zero-order valence-electron chi connectivity index (χ0n) is 15.6. The monoisotopic (exact) mass is 409 g/mol. The van der Waals surface area contributed by atoms with E-state index in [4.69, 9.17) is 10.7 Å². The van der Waals surface area contributed by atoms with Gasteiger partial charge in [0.25, 0.3) is 0 Å². The Morgan fingerprint density at radius 1 is 1.37 bits per heavy atom. The summed E-state index contributed by atoms with van der Waals surface area (Å²) in [6.45, 7) is 8.27. The highest BCUT2D eigenvalue weighted by molar-refractivity contribution is 7.19. The van der Waals surface area contributed by atoms with Gasteiger partial charge in [-0.1, -0.05) is 32.1 Å². The number of carbonyl (C=O) groups excluding carboxylic acids is 2. The summed E-state index contributed by atoms with van der Waals surface area (Å²) < 4.78 is 0. The van der Waals surface area contributed by atoms with Gasteiger partial charge in [-0.2, -0.15) is 0 Å². The SMILES string of the molecule is Cc1nc(NC(=O)N2C[C@H](O)C[C@H]2C(N)=O)sc1-c1csc(C(C)(C)C)n1. The van der Waals surface area contributed by atoms with Crippen molar-refractivity contribution in [2.45, 2.75) is 51.7 Å². The molecule has 27 heavy (non-hydrogen) atoms. The van der Waals surface area contributed by atoms with Crippen molar-refractivity contribution in [2.24, 2.45) is 5.73 Å². The van der Waals surface area contributed by atoms with E-state index in [9.17, 15) is 14.7 Å². The van der Waals surface area contributed by atoms with Crippen LogP contribution in [0.5, 0.6) is 0 Å². The zero-order valence-corrected chi connectivity index (χ0v) is 17.3. The molecule has 1 aliphatic rings. The molecule has 8 nitrogen and oxygen atoms in total. The molecule has 0 aromatic carbocycles. The van der Waals surface area contributed by atoms with Crippen LogP contribution in [0.15, 0.2) is 5.38 Å². The number of amides is 3. The van der Waals surface area contributed by atoms with Crippen LogP contribution in [-0.2, 0) is 10.2 Å². The smallest absolute Gasteiger partial charge is 0.324 e. The van der Waals surface area contributed by atoms with Gasteiger partial charge in [0.2, 0.25) is 5.91 Å². The van der Waals surface area contributed by atoms with Gasteiger partial charge in [0, 0.05) is 23.8 Å². The topological polar surface area (TPSA) is 121 Å². The van der Waals surface area contributed by atoms with Crippen LogP contribution in [0.25, 0.3) is 10.6 Å². The highest BCUT2D eigenvalue weighted by Gasteiger charge is 2.38. The summed E-state index contributed by atoms with van der Waals surface area (Å²) in [5, 5.41) is 15.9. The number of likely N-dealkylation sites (tertiary alicyclic amines) is 1. The number of aromatic nitrogens is 2. The van der Waals surface area contributed by atoms with Crippen LogP contribution < -0.4 is 11.1 Å². The largest absolute Gasteiger partial charge is 0.391 e. The van der Waals surface area contributed by atoms with E-state index >= 15 is 0 Å². The molecule has 146 valence electrons. The average molecular weight is 410 g/mol. The van der Waals surface area contributed by atoms with Gasteiger partial charge in [0.1, 0.15) is 6.04 Å². The minimum Gasteiger partial charge on any atom is -0.391 e. The summed E-state index contributed by atoms with van der Waals surface area (Å²) in [4.78, 5) is 35.3. The minimum absolute atomic E-state index is 0.0289. The number of carbonyl (C=O) groups is 2. The lowest BCUT2D eigenvalue weighted by Gasteiger charge is -2.21. The van der Waals surface area contributed by atoms with E-state index in [-0.39, 0.29) is 18.4 Å². The van der Waals surface area contributed by atoms with Crippen LogP contribution in [-0.4, -0.2) is 50.6 Å². The molecule has 1 fully saturated rings. The molecule has 0 unspecified atom stereocenters. The number of nitrogens with one attached hydrogen (secondary N) is 1. The number of anilines is 1. The molecule has 3 heterocycles. The highest BCUT2D eigenvalue weighted by atomic mass is 32.1. The summed E-state index contributed by atoms with van der Waals surface area (Å²) >= 11 is 2.93. The number of rotatable bonds is 3. The fourth-order valence-electron chi connectivity index (χ4n) is 2.88. The first-order valence-corrected chi connectivity index (χ1v) is 10.2. The first kappa shape index (κ1) is 19.7. The Balaban J connectivity index is 1.78. The number of nitrogens with two attached hydrogens (primary N) is 1.